The first-order valence-electron chi connectivity index (χ1n) is 12.4. The second kappa shape index (κ2) is 14.7. The lowest BCUT2D eigenvalue weighted by Gasteiger charge is -2.13. The van der Waals surface area contributed by atoms with Crippen LogP contribution in [0.3, 0.4) is 0 Å². The summed E-state index contributed by atoms with van der Waals surface area (Å²) in [5, 5.41) is 36.8. The molecule has 0 bridgehead atoms. The highest BCUT2D eigenvalue weighted by molar-refractivity contribution is 7.85. The predicted molar refractivity (Wildman–Crippen MR) is 143 cm³/mol. The molecule has 40 heavy (non-hydrogen) atoms. The Labute approximate surface area is 231 Å². The van der Waals surface area contributed by atoms with Gasteiger partial charge in [0.05, 0.1) is 18.5 Å². The summed E-state index contributed by atoms with van der Waals surface area (Å²) < 4.78 is 36.4. The van der Waals surface area contributed by atoms with E-state index in [4.69, 9.17) is 14.4 Å². The summed E-state index contributed by atoms with van der Waals surface area (Å²) in [7, 11) is -4.18. The number of aryl methyl sites for hydroxylation is 1. The maximum atomic E-state index is 11.0. The van der Waals surface area contributed by atoms with E-state index in [1.54, 1.807) is 6.92 Å². The fraction of sp³-hybridized carbons (Fsp3) is 0.478. The monoisotopic (exact) mass is 579 g/mol. The summed E-state index contributed by atoms with van der Waals surface area (Å²) in [4.78, 5) is 25.6. The first-order chi connectivity index (χ1) is 19.0. The summed E-state index contributed by atoms with van der Waals surface area (Å²) in [6, 6.07) is 7.55. The number of aliphatic hydroxyl groups excluding tert-OH is 3. The van der Waals surface area contributed by atoms with E-state index in [0.29, 0.717) is 30.4 Å². The van der Waals surface area contributed by atoms with Gasteiger partial charge in [-0.1, -0.05) is 31.2 Å². The molecular weight excluding hydrogens is 546 g/mol. The number of ether oxygens (including phenoxy) is 1. The van der Waals surface area contributed by atoms with Gasteiger partial charge in [0.15, 0.2) is 0 Å². The molecule has 0 aliphatic carbocycles. The van der Waals surface area contributed by atoms with Crippen molar-refractivity contribution < 1.29 is 33.0 Å². The van der Waals surface area contributed by atoms with Crippen LogP contribution in [0.5, 0.6) is 6.01 Å². The molecule has 0 fully saturated rings. The van der Waals surface area contributed by atoms with E-state index in [0.717, 1.165) is 11.1 Å². The van der Waals surface area contributed by atoms with Crippen LogP contribution in [-0.4, -0.2) is 103 Å². The molecule has 0 aliphatic heterocycles. The van der Waals surface area contributed by atoms with Gasteiger partial charge < -0.3 is 30.7 Å². The average molecular weight is 580 g/mol. The largest absolute Gasteiger partial charge is 0.419 e. The van der Waals surface area contributed by atoms with Gasteiger partial charge in [0.25, 0.3) is 16.5 Å². The summed E-state index contributed by atoms with van der Waals surface area (Å²) >= 11 is 0. The molecular formula is C23H33N9O7S. The molecule has 0 amide bonds. The number of anilines is 2. The van der Waals surface area contributed by atoms with Crippen LogP contribution in [0.1, 0.15) is 35.5 Å². The number of hydrogen-bond donors (Lipinski definition) is 7. The van der Waals surface area contributed by atoms with Crippen LogP contribution in [0.25, 0.3) is 0 Å². The molecule has 17 heteroatoms. The average Bonchev–Trinajstić information content (AvgIpc) is 2.86. The Hall–Kier alpha value is -3.61. The van der Waals surface area contributed by atoms with Gasteiger partial charge in [-0.15, -0.1) is 0 Å². The quantitative estimate of drug-likeness (QED) is 0.0785. The minimum absolute atomic E-state index is 0.00216. The number of nitrogens with one attached hydrogen (secondary N) is 3. The molecule has 0 aliphatic rings. The van der Waals surface area contributed by atoms with Gasteiger partial charge in [-0.3, -0.25) is 9.87 Å². The van der Waals surface area contributed by atoms with E-state index in [1.165, 1.54) is 0 Å². The van der Waals surface area contributed by atoms with Crippen molar-refractivity contribution in [2.45, 2.75) is 39.2 Å². The molecule has 0 saturated carbocycles. The Morgan fingerprint density at radius 1 is 0.950 bits per heavy atom. The Bertz CT molecular complexity index is 1360. The Kier molecular flexibility index (Phi) is 11.4. The molecule has 218 valence electrons. The van der Waals surface area contributed by atoms with E-state index < -0.39 is 35.0 Å². The summed E-state index contributed by atoms with van der Waals surface area (Å²) in [5.74, 6) is 0.855. The van der Waals surface area contributed by atoms with Gasteiger partial charge in [-0.05, 0) is 24.6 Å². The van der Waals surface area contributed by atoms with Crippen molar-refractivity contribution in [1.29, 1.82) is 0 Å². The third-order valence-electron chi connectivity index (χ3n) is 5.12. The van der Waals surface area contributed by atoms with Gasteiger partial charge in [0.1, 0.15) is 17.5 Å². The van der Waals surface area contributed by atoms with Crippen molar-refractivity contribution in [3.63, 3.8) is 0 Å². The van der Waals surface area contributed by atoms with Crippen molar-refractivity contribution in [1.82, 2.24) is 35.2 Å². The van der Waals surface area contributed by atoms with Gasteiger partial charge in [-0.25, -0.2) is 4.98 Å². The first kappa shape index (κ1) is 30.9. The molecule has 2 unspecified atom stereocenters. The molecule has 3 aromatic rings. The van der Waals surface area contributed by atoms with Crippen LogP contribution < -0.4 is 20.7 Å². The maximum Gasteiger partial charge on any atom is 0.323 e. The molecule has 2 heterocycles. The van der Waals surface area contributed by atoms with Gasteiger partial charge in [0, 0.05) is 25.9 Å². The zero-order valence-corrected chi connectivity index (χ0v) is 22.8. The van der Waals surface area contributed by atoms with Crippen LogP contribution in [0.15, 0.2) is 24.3 Å². The molecule has 0 radical (unpaired) electrons. The molecule has 0 saturated heterocycles. The standard InChI is InChI=1S/C23H33N9O7S/c1-3-24-23(35)39-22-28-14(2)27-18(31-22)10-15-5-4-6-16(9-15)11-19-29-20(25-7-8-40(36,37)38)32-21(30-19)26-12-17(34)13-33/h4-6,9,17,23-24,33-35H,3,7-8,10-13H2,1-2H3,(H,36,37,38)(H2,25,26,29,30,32). The molecule has 16 nitrogen and oxygen atoms in total. The van der Waals surface area contributed by atoms with Crippen molar-refractivity contribution in [2.24, 2.45) is 0 Å². The number of hydrogen-bond acceptors (Lipinski definition) is 15. The molecule has 3 rings (SSSR count). The van der Waals surface area contributed by atoms with Gasteiger partial charge >= 0.3 is 6.01 Å². The molecule has 1 aromatic carbocycles. The zero-order valence-electron chi connectivity index (χ0n) is 22.0. The number of aromatic nitrogens is 6. The normalized spacial score (nSPS) is 13.1. The van der Waals surface area contributed by atoms with Gasteiger partial charge in [-0.2, -0.15) is 33.3 Å². The minimum Gasteiger partial charge on any atom is -0.419 e. The highest BCUT2D eigenvalue weighted by Crippen LogP contribution is 2.15. The van der Waals surface area contributed by atoms with Gasteiger partial charge in [0.2, 0.25) is 11.9 Å². The summed E-state index contributed by atoms with van der Waals surface area (Å²) in [6.45, 7) is 3.39. The minimum atomic E-state index is -4.18. The van der Waals surface area contributed by atoms with E-state index in [2.05, 4.69) is 45.9 Å². The number of rotatable bonds is 16. The van der Waals surface area contributed by atoms with Crippen LogP contribution >= 0.6 is 0 Å². The topological polar surface area (TPSA) is 238 Å². The smallest absolute Gasteiger partial charge is 0.323 e. The van der Waals surface area contributed by atoms with Crippen molar-refractivity contribution in [3.8, 4) is 6.01 Å². The lowest BCUT2D eigenvalue weighted by molar-refractivity contribution is -0.0488. The second-order valence-corrected chi connectivity index (χ2v) is 10.2. The lowest BCUT2D eigenvalue weighted by Crippen LogP contribution is -2.34. The van der Waals surface area contributed by atoms with Crippen molar-refractivity contribution in [3.05, 3.63) is 52.9 Å². The Morgan fingerprint density at radius 3 is 2.23 bits per heavy atom. The van der Waals surface area contributed by atoms with Crippen LogP contribution in [0.4, 0.5) is 11.9 Å². The molecule has 2 atom stereocenters. The predicted octanol–water partition coefficient (Wildman–Crippen LogP) is -1.12. The van der Waals surface area contributed by atoms with Crippen molar-refractivity contribution in [2.75, 3.05) is 42.6 Å². The second-order valence-electron chi connectivity index (χ2n) is 8.61. The molecule has 7 N–H and O–H groups in total. The van der Waals surface area contributed by atoms with Crippen LogP contribution in [-0.2, 0) is 23.0 Å². The highest BCUT2D eigenvalue weighted by atomic mass is 32.2. The van der Waals surface area contributed by atoms with Crippen molar-refractivity contribution >= 4 is 22.0 Å². The SMILES string of the molecule is CCNC(O)Oc1nc(C)nc(Cc2cccc(Cc3nc(NCCS(=O)(=O)O)nc(NCC(O)CO)n3)c2)n1. The Balaban J connectivity index is 1.77. The van der Waals surface area contributed by atoms with E-state index >= 15 is 0 Å². The van der Waals surface area contributed by atoms with E-state index in [1.807, 2.05) is 31.2 Å². The summed E-state index contributed by atoms with van der Waals surface area (Å²) in [5.41, 5.74) is 1.73. The van der Waals surface area contributed by atoms with E-state index in [9.17, 15) is 18.6 Å². The number of aliphatic hydroxyl groups is 3. The zero-order chi connectivity index (χ0) is 29.1. The van der Waals surface area contributed by atoms with Crippen LogP contribution in [0, 0.1) is 6.92 Å². The lowest BCUT2D eigenvalue weighted by atomic mass is 10.1. The maximum absolute atomic E-state index is 11.0. The number of nitrogens with zero attached hydrogens (tertiary/aromatic N) is 6. The molecule has 2 aromatic heterocycles. The van der Waals surface area contributed by atoms with E-state index in [-0.39, 0.29) is 37.4 Å². The third-order valence-corrected chi connectivity index (χ3v) is 5.84. The summed E-state index contributed by atoms with van der Waals surface area (Å²) in [6.07, 6.45) is -1.65. The Morgan fingerprint density at radius 2 is 1.60 bits per heavy atom. The number of benzene rings is 1. The third kappa shape index (κ3) is 10.9. The fourth-order valence-corrected chi connectivity index (χ4v) is 3.76. The fourth-order valence-electron chi connectivity index (χ4n) is 3.40. The highest BCUT2D eigenvalue weighted by Gasteiger charge is 2.13. The van der Waals surface area contributed by atoms with Crippen LogP contribution in [0.2, 0.25) is 0 Å². The molecule has 0 spiro atoms. The first-order valence-corrected chi connectivity index (χ1v) is 14.0.